The second-order valence-electron chi connectivity index (χ2n) is 30.1. The summed E-state index contributed by atoms with van der Waals surface area (Å²) in [6.45, 7) is 0. The van der Waals surface area contributed by atoms with Crippen molar-refractivity contribution in [2.45, 2.75) is 0 Å². The van der Waals surface area contributed by atoms with Crippen LogP contribution in [0.25, 0.3) is 243 Å². The topological polar surface area (TPSA) is 84.2 Å². The van der Waals surface area contributed by atoms with Crippen molar-refractivity contribution < 1.29 is 0 Å². The Hall–Kier alpha value is -15.5. The summed E-state index contributed by atoms with van der Waals surface area (Å²) in [7, 11) is 0. The normalized spacial score (nSPS) is 12.2. The summed E-state index contributed by atoms with van der Waals surface area (Å²) in [5.41, 5.74) is 26.7. The predicted molar refractivity (Wildman–Crippen MR) is 472 cm³/mol. The Morgan fingerprint density at radius 3 is 1.06 bits per heavy atom. The van der Waals surface area contributed by atoms with E-state index in [-0.39, 0.29) is 0 Å². The van der Waals surface area contributed by atoms with E-state index >= 15 is 0 Å². The van der Waals surface area contributed by atoms with Gasteiger partial charge >= 0.3 is 0 Å². The van der Waals surface area contributed by atoms with Gasteiger partial charge in [-0.2, -0.15) is 9.97 Å². The molecule has 0 unspecified atom stereocenters. The Morgan fingerprint density at radius 1 is 0.184 bits per heavy atom. The van der Waals surface area contributed by atoms with E-state index in [0.717, 1.165) is 93.6 Å². The molecule has 114 heavy (non-hydrogen) atoms. The van der Waals surface area contributed by atoms with Crippen LogP contribution in [0.5, 0.6) is 0 Å². The van der Waals surface area contributed by atoms with Crippen LogP contribution in [0.15, 0.2) is 370 Å². The summed E-state index contributed by atoms with van der Waals surface area (Å²) in [4.78, 5) is 27.2. The zero-order valence-electron chi connectivity index (χ0n) is 61.2. The van der Waals surface area contributed by atoms with Crippen molar-refractivity contribution in [1.29, 1.82) is 0 Å². The van der Waals surface area contributed by atoms with Crippen LogP contribution in [0.4, 0.5) is 0 Å². The zero-order chi connectivity index (χ0) is 74.4. The maximum absolute atomic E-state index is 5.73. The first-order valence-corrected chi connectivity index (χ1v) is 38.9. The van der Waals surface area contributed by atoms with Gasteiger partial charge in [-0.25, -0.2) is 15.0 Å². The highest BCUT2D eigenvalue weighted by Gasteiger charge is 2.31. The SMILES string of the molecule is c1ccc(-c2nc3c4ccccc4c4ccccc4c3nc2-n2c3ccccc3c3cc4c(cc32)-c2ccccc2-n2c3ccccc3c3cccc-4c32)cc1.c1ccc2c(c1)-c1cc3c(cc1-c1cccc4c5ccccc5n-2c14)c1ccccc1n3-c1nc(-c2ccc3ccccc3c2)nc(-c2ccc3ccccc3c2)n1. The Balaban J connectivity index is 0.000000129. The highest BCUT2D eigenvalue weighted by molar-refractivity contribution is 6.25. The molecule has 0 saturated carbocycles. The van der Waals surface area contributed by atoms with Gasteiger partial charge in [0.1, 0.15) is 5.69 Å². The average molecular weight is 1450 g/mol. The van der Waals surface area contributed by atoms with E-state index < -0.39 is 0 Å². The third-order valence-electron chi connectivity index (χ3n) is 24.1. The molecule has 0 bridgehead atoms. The first kappa shape index (κ1) is 62.4. The van der Waals surface area contributed by atoms with Crippen LogP contribution in [0.2, 0.25) is 0 Å². The van der Waals surface area contributed by atoms with E-state index in [1.54, 1.807) is 0 Å². The molecule has 8 heterocycles. The standard InChI is InChI=1S/C53H31N5.C52H30N4/c1-3-14-34-28-36(26-24-32(34)12-1)51-54-52(37-27-25-33-13-2-4-15-35(33)29-37)56-53(55-51)58-48-23-10-7-18-40(48)45-30-43-42-20-11-19-41-38-16-5-8-21-46(38)57(50(41)42)47-22-9-6-17-39(47)44(43)31-49(45)58;1-2-15-31(16-3-1)48-52(54-50-38-23-7-5-18-33(38)32-17-4-6-22-37(32)49(50)53-48)56-46-28-13-10-21-36(46)43-29-41-40-25-14-24-39-34-19-8-11-26-44(34)55(51(39)40)45-27-12-9-20-35(45)42(41)30-47(43)56/h1-31H;1-30H. The van der Waals surface area contributed by atoms with Crippen LogP contribution in [0.1, 0.15) is 0 Å². The number of hydrogen-bond donors (Lipinski definition) is 0. The predicted octanol–water partition coefficient (Wildman–Crippen LogP) is 26.8. The van der Waals surface area contributed by atoms with Crippen LogP contribution < -0.4 is 0 Å². The molecular weight excluding hydrogens is 1390 g/mol. The highest BCUT2D eigenvalue weighted by atomic mass is 15.2. The van der Waals surface area contributed by atoms with Crippen molar-refractivity contribution in [1.82, 2.24) is 43.2 Å². The van der Waals surface area contributed by atoms with E-state index in [0.29, 0.717) is 17.6 Å². The molecule has 0 radical (unpaired) electrons. The van der Waals surface area contributed by atoms with Crippen LogP contribution in [0, 0.1) is 0 Å². The minimum Gasteiger partial charge on any atom is -0.308 e. The van der Waals surface area contributed by atoms with E-state index in [4.69, 9.17) is 24.9 Å². The fraction of sp³-hybridized carbons (Fsp3) is 0. The van der Waals surface area contributed by atoms with Gasteiger partial charge in [-0.3, -0.25) is 9.13 Å². The Labute approximate surface area is 652 Å². The van der Waals surface area contributed by atoms with Crippen LogP contribution >= 0.6 is 0 Å². The maximum atomic E-state index is 5.73. The quantitative estimate of drug-likeness (QED) is 0.160. The lowest BCUT2D eigenvalue weighted by molar-refractivity contribution is 0.954. The summed E-state index contributed by atoms with van der Waals surface area (Å²) in [5.74, 6) is 2.65. The number of nitrogens with zero attached hydrogens (tertiary/aromatic N) is 9. The molecule has 24 aromatic rings. The Bertz CT molecular complexity index is 8220. The molecule has 526 valence electrons. The molecule has 0 N–H and O–H groups in total. The summed E-state index contributed by atoms with van der Waals surface area (Å²) in [6.07, 6.45) is 0. The molecule has 9 heteroatoms. The minimum absolute atomic E-state index is 0.578. The van der Waals surface area contributed by atoms with Gasteiger partial charge in [0.15, 0.2) is 17.5 Å². The number of rotatable bonds is 5. The fourth-order valence-corrected chi connectivity index (χ4v) is 19.1. The fourth-order valence-electron chi connectivity index (χ4n) is 19.1. The lowest BCUT2D eigenvalue weighted by Crippen LogP contribution is -2.06. The van der Waals surface area contributed by atoms with Crippen LogP contribution in [-0.4, -0.2) is 43.2 Å². The lowest BCUT2D eigenvalue weighted by atomic mass is 9.92. The number of para-hydroxylation sites is 8. The molecule has 0 atom stereocenters. The summed E-state index contributed by atoms with van der Waals surface area (Å²) in [6, 6.07) is 133. The van der Waals surface area contributed by atoms with Crippen molar-refractivity contribution in [2.24, 2.45) is 0 Å². The first-order chi connectivity index (χ1) is 56.6. The largest absolute Gasteiger partial charge is 0.308 e. The molecule has 0 saturated heterocycles. The van der Waals surface area contributed by atoms with E-state index in [1.807, 2.05) is 0 Å². The number of fused-ring (bicyclic) bond motifs is 30. The van der Waals surface area contributed by atoms with Gasteiger partial charge in [-0.1, -0.05) is 297 Å². The summed E-state index contributed by atoms with van der Waals surface area (Å²) in [5, 5.41) is 18.9. The summed E-state index contributed by atoms with van der Waals surface area (Å²) >= 11 is 0. The molecule has 26 rings (SSSR count). The van der Waals surface area contributed by atoms with E-state index in [9.17, 15) is 0 Å². The van der Waals surface area contributed by atoms with Gasteiger partial charge in [0.2, 0.25) is 5.95 Å². The zero-order valence-corrected chi connectivity index (χ0v) is 61.2. The van der Waals surface area contributed by atoms with Gasteiger partial charge in [-0.05, 0) is 127 Å². The molecule has 18 aromatic carbocycles. The second-order valence-corrected chi connectivity index (χ2v) is 30.1. The second kappa shape index (κ2) is 24.0. The maximum Gasteiger partial charge on any atom is 0.238 e. The third-order valence-corrected chi connectivity index (χ3v) is 24.1. The van der Waals surface area contributed by atoms with E-state index in [2.05, 4.69) is 388 Å². The Kier molecular flexibility index (Phi) is 13.2. The first-order valence-electron chi connectivity index (χ1n) is 38.9. The molecule has 2 aliphatic heterocycles. The molecule has 0 spiro atoms. The number of hydrogen-bond acceptors (Lipinski definition) is 5. The number of aromatic nitrogens is 9. The minimum atomic E-state index is 0.578. The molecule has 0 fully saturated rings. The average Bonchev–Trinajstić information content (AvgIpc) is 1.62. The third kappa shape index (κ3) is 9.02. The smallest absolute Gasteiger partial charge is 0.238 e. The molecule has 6 aromatic heterocycles. The summed E-state index contributed by atoms with van der Waals surface area (Å²) < 4.78 is 9.55. The van der Waals surface area contributed by atoms with Crippen molar-refractivity contribution >= 4 is 141 Å². The van der Waals surface area contributed by atoms with Gasteiger partial charge in [0.05, 0.1) is 66.5 Å². The van der Waals surface area contributed by atoms with Gasteiger partial charge < -0.3 is 9.13 Å². The van der Waals surface area contributed by atoms with Crippen molar-refractivity contribution in [3.8, 4) is 102 Å². The van der Waals surface area contributed by atoms with Crippen LogP contribution in [0.3, 0.4) is 0 Å². The van der Waals surface area contributed by atoms with E-state index in [1.165, 1.54) is 132 Å². The monoisotopic (exact) mass is 1450 g/mol. The van der Waals surface area contributed by atoms with Gasteiger partial charge in [-0.15, -0.1) is 0 Å². The molecule has 0 aliphatic carbocycles. The van der Waals surface area contributed by atoms with Crippen molar-refractivity contribution in [2.75, 3.05) is 0 Å². The van der Waals surface area contributed by atoms with Gasteiger partial charge in [0.25, 0.3) is 0 Å². The number of benzene rings is 18. The molecular formula is C105H61N9. The van der Waals surface area contributed by atoms with Crippen molar-refractivity contribution in [3.63, 3.8) is 0 Å². The molecule has 0 amide bonds. The Morgan fingerprint density at radius 2 is 0.553 bits per heavy atom. The highest BCUT2D eigenvalue weighted by Crippen LogP contribution is 2.53. The molecule has 9 nitrogen and oxygen atoms in total. The van der Waals surface area contributed by atoms with Crippen LogP contribution in [-0.2, 0) is 0 Å². The lowest BCUT2D eigenvalue weighted by Gasteiger charge is -2.17. The van der Waals surface area contributed by atoms with Crippen molar-refractivity contribution in [3.05, 3.63) is 370 Å². The molecule has 2 aliphatic rings. The van der Waals surface area contributed by atoms with Gasteiger partial charge in [0, 0.05) is 92.8 Å².